The second-order valence-electron chi connectivity index (χ2n) is 6.35. The van der Waals surface area contributed by atoms with E-state index in [1.54, 1.807) is 12.1 Å². The van der Waals surface area contributed by atoms with E-state index in [-0.39, 0.29) is 11.7 Å². The maximum Gasteiger partial charge on any atom is 0.268 e. The largest absolute Gasteiger partial charge is 0.305 e. The number of nitrogens with one attached hydrogen (secondary N) is 1. The van der Waals surface area contributed by atoms with Gasteiger partial charge >= 0.3 is 0 Å². The monoisotopic (exact) mass is 380 g/mol. The third-order valence-electron chi connectivity index (χ3n) is 4.24. The van der Waals surface area contributed by atoms with Crippen LogP contribution in [0.4, 0.5) is 10.2 Å². The van der Waals surface area contributed by atoms with Crippen LogP contribution < -0.4 is 5.32 Å². The summed E-state index contributed by atoms with van der Waals surface area (Å²) in [5, 5.41) is 3.81. The molecule has 0 atom stereocenters. The van der Waals surface area contributed by atoms with Gasteiger partial charge < -0.3 is 5.32 Å². The van der Waals surface area contributed by atoms with E-state index in [1.165, 1.54) is 23.5 Å². The van der Waals surface area contributed by atoms with Crippen LogP contribution in [0.15, 0.2) is 42.6 Å². The first-order chi connectivity index (χ1) is 12.9. The lowest BCUT2D eigenvalue weighted by molar-refractivity contribution is 0.102. The van der Waals surface area contributed by atoms with Gasteiger partial charge in [-0.3, -0.25) is 9.20 Å². The maximum absolute atomic E-state index is 13.3. The summed E-state index contributed by atoms with van der Waals surface area (Å²) < 4.78 is 15.2. The molecule has 4 aromatic rings. The van der Waals surface area contributed by atoms with E-state index >= 15 is 0 Å². The Morgan fingerprint density at radius 2 is 1.85 bits per heavy atom. The van der Waals surface area contributed by atoms with Gasteiger partial charge in [-0.25, -0.2) is 14.4 Å². The molecule has 5 nitrogen and oxygen atoms in total. The maximum atomic E-state index is 13.3. The molecular formula is C20H17FN4OS. The van der Waals surface area contributed by atoms with E-state index in [0.29, 0.717) is 27.7 Å². The van der Waals surface area contributed by atoms with Gasteiger partial charge in [0.1, 0.15) is 27.9 Å². The number of carbonyl (C=O) groups excluding carboxylic acids is 1. The minimum atomic E-state index is -0.320. The summed E-state index contributed by atoms with van der Waals surface area (Å²) in [7, 11) is 0. The van der Waals surface area contributed by atoms with Gasteiger partial charge in [-0.2, -0.15) is 0 Å². The number of benzene rings is 1. The normalized spacial score (nSPS) is 11.1. The molecule has 1 aromatic carbocycles. The number of pyridine rings is 1. The lowest BCUT2D eigenvalue weighted by Gasteiger charge is -2.07. The molecule has 1 N–H and O–H groups in total. The first-order valence-corrected chi connectivity index (χ1v) is 9.24. The van der Waals surface area contributed by atoms with Gasteiger partial charge in [-0.05, 0) is 62.7 Å². The average Bonchev–Trinajstić information content (AvgIpc) is 3.15. The summed E-state index contributed by atoms with van der Waals surface area (Å²) in [5.41, 5.74) is 3.79. The molecular weight excluding hydrogens is 363 g/mol. The molecule has 0 aliphatic heterocycles. The number of fused-ring (bicyclic) bond motifs is 1. The number of imidazole rings is 1. The fourth-order valence-corrected chi connectivity index (χ4v) is 3.80. The second-order valence-corrected chi connectivity index (χ2v) is 7.55. The van der Waals surface area contributed by atoms with Crippen molar-refractivity contribution in [2.75, 3.05) is 5.32 Å². The number of hydrogen-bond donors (Lipinski definition) is 1. The van der Waals surface area contributed by atoms with E-state index in [4.69, 9.17) is 0 Å². The third-order valence-corrected chi connectivity index (χ3v) is 5.31. The number of aryl methyl sites for hydroxylation is 3. The van der Waals surface area contributed by atoms with Crippen LogP contribution in [0.3, 0.4) is 0 Å². The molecule has 0 radical (unpaired) electrons. The van der Waals surface area contributed by atoms with Gasteiger partial charge in [0.25, 0.3) is 5.91 Å². The number of hydrogen-bond acceptors (Lipinski definition) is 4. The van der Waals surface area contributed by atoms with Gasteiger partial charge in [0, 0.05) is 11.8 Å². The van der Waals surface area contributed by atoms with E-state index in [0.717, 1.165) is 16.1 Å². The fraction of sp³-hybridized carbons (Fsp3) is 0.150. The molecule has 27 heavy (non-hydrogen) atoms. The summed E-state index contributed by atoms with van der Waals surface area (Å²) >= 11 is 1.35. The number of nitrogens with zero attached hydrogens (tertiary/aromatic N) is 3. The first-order valence-electron chi connectivity index (χ1n) is 8.42. The van der Waals surface area contributed by atoms with Gasteiger partial charge in [-0.15, -0.1) is 11.3 Å². The molecule has 0 fully saturated rings. The van der Waals surface area contributed by atoms with Gasteiger partial charge in [0.2, 0.25) is 0 Å². The molecule has 0 spiro atoms. The topological polar surface area (TPSA) is 59.3 Å². The average molecular weight is 380 g/mol. The van der Waals surface area contributed by atoms with E-state index in [1.807, 2.05) is 43.5 Å². The highest BCUT2D eigenvalue weighted by Crippen LogP contribution is 2.30. The fourth-order valence-electron chi connectivity index (χ4n) is 2.98. The zero-order chi connectivity index (χ0) is 19.1. The molecule has 0 aliphatic carbocycles. The van der Waals surface area contributed by atoms with Crippen molar-refractivity contribution < 1.29 is 9.18 Å². The number of amides is 1. The predicted octanol–water partition coefficient (Wildman–Crippen LogP) is 4.77. The molecule has 7 heteroatoms. The summed E-state index contributed by atoms with van der Waals surface area (Å²) in [6.07, 6.45) is 1.87. The van der Waals surface area contributed by atoms with Crippen molar-refractivity contribution in [2.24, 2.45) is 0 Å². The minimum absolute atomic E-state index is 0.233. The molecule has 0 aliphatic rings. The molecule has 3 heterocycles. The smallest absolute Gasteiger partial charge is 0.268 e. The Labute approximate surface area is 159 Å². The Morgan fingerprint density at radius 3 is 2.52 bits per heavy atom. The van der Waals surface area contributed by atoms with Gasteiger partial charge in [-0.1, -0.05) is 0 Å². The lowest BCUT2D eigenvalue weighted by atomic mass is 10.1. The number of carbonyl (C=O) groups is 1. The van der Waals surface area contributed by atoms with E-state index in [2.05, 4.69) is 15.3 Å². The van der Waals surface area contributed by atoms with Crippen LogP contribution in [0, 0.1) is 26.6 Å². The predicted molar refractivity (Wildman–Crippen MR) is 105 cm³/mol. The Hall–Kier alpha value is -3.06. The second kappa shape index (κ2) is 6.59. The van der Waals surface area contributed by atoms with Crippen LogP contribution in [0.1, 0.15) is 25.9 Å². The molecule has 136 valence electrons. The first kappa shape index (κ1) is 17.4. The minimum Gasteiger partial charge on any atom is -0.305 e. The lowest BCUT2D eigenvalue weighted by Crippen LogP contribution is -2.13. The van der Waals surface area contributed by atoms with Crippen LogP contribution >= 0.6 is 11.3 Å². The molecule has 3 aromatic heterocycles. The van der Waals surface area contributed by atoms with Crippen molar-refractivity contribution in [1.29, 1.82) is 0 Å². The van der Waals surface area contributed by atoms with Crippen LogP contribution in [0.25, 0.3) is 16.9 Å². The summed E-state index contributed by atoms with van der Waals surface area (Å²) in [4.78, 5) is 22.4. The van der Waals surface area contributed by atoms with Gasteiger partial charge in [0.05, 0.1) is 10.7 Å². The zero-order valence-corrected chi connectivity index (χ0v) is 15.9. The molecule has 0 saturated heterocycles. The Balaban J connectivity index is 1.84. The number of aromatic nitrogens is 3. The van der Waals surface area contributed by atoms with Crippen molar-refractivity contribution in [3.8, 4) is 11.3 Å². The Kier molecular flexibility index (Phi) is 4.24. The quantitative estimate of drug-likeness (QED) is 0.557. The number of thiazole rings is 1. The van der Waals surface area contributed by atoms with Crippen LogP contribution in [-0.4, -0.2) is 20.3 Å². The highest BCUT2D eigenvalue weighted by Gasteiger charge is 2.20. The van der Waals surface area contributed by atoms with Crippen molar-refractivity contribution in [3.05, 3.63) is 69.6 Å². The van der Waals surface area contributed by atoms with E-state index < -0.39 is 0 Å². The SMILES string of the molecule is Cc1ccn2c(NC(=O)c3sc(C)nc3C)c(-c3ccc(F)cc3)nc2c1. The van der Waals surface area contributed by atoms with E-state index in [9.17, 15) is 9.18 Å². The van der Waals surface area contributed by atoms with Crippen molar-refractivity contribution in [3.63, 3.8) is 0 Å². The number of anilines is 1. The van der Waals surface area contributed by atoms with Crippen LogP contribution in [-0.2, 0) is 0 Å². The standard InChI is InChI=1S/C20H17FN4OS/c1-11-8-9-25-16(10-11)23-17(14-4-6-15(21)7-5-14)19(25)24-20(26)18-12(2)22-13(3)27-18/h4-10H,1-3H3,(H,24,26). The van der Waals surface area contributed by atoms with Crippen molar-refractivity contribution in [2.45, 2.75) is 20.8 Å². The molecule has 0 unspecified atom stereocenters. The number of rotatable bonds is 3. The van der Waals surface area contributed by atoms with Crippen LogP contribution in [0.5, 0.6) is 0 Å². The highest BCUT2D eigenvalue weighted by molar-refractivity contribution is 7.13. The Morgan fingerprint density at radius 1 is 1.11 bits per heavy atom. The van der Waals surface area contributed by atoms with Gasteiger partial charge in [0.15, 0.2) is 0 Å². The summed E-state index contributed by atoms with van der Waals surface area (Å²) in [5.74, 6) is -0.00407. The zero-order valence-electron chi connectivity index (χ0n) is 15.1. The molecule has 4 rings (SSSR count). The highest BCUT2D eigenvalue weighted by atomic mass is 32.1. The summed E-state index contributed by atoms with van der Waals surface area (Å²) in [6, 6.07) is 9.95. The summed E-state index contributed by atoms with van der Waals surface area (Å²) in [6.45, 7) is 5.67. The molecule has 1 amide bonds. The Bertz CT molecular complexity index is 1160. The molecule has 0 saturated carbocycles. The third kappa shape index (κ3) is 3.21. The number of halogens is 1. The molecule has 0 bridgehead atoms. The van der Waals surface area contributed by atoms with Crippen LogP contribution in [0.2, 0.25) is 0 Å². The van der Waals surface area contributed by atoms with Crippen molar-refractivity contribution in [1.82, 2.24) is 14.4 Å². The van der Waals surface area contributed by atoms with Crippen molar-refractivity contribution >= 4 is 28.7 Å².